The Labute approximate surface area is 101 Å². The summed E-state index contributed by atoms with van der Waals surface area (Å²) in [5, 5.41) is 11.2. The van der Waals surface area contributed by atoms with Gasteiger partial charge in [-0.2, -0.15) is 0 Å². The second-order valence-corrected chi connectivity index (χ2v) is 5.16. The van der Waals surface area contributed by atoms with Gasteiger partial charge in [0.15, 0.2) is 0 Å². The Balaban J connectivity index is 2.30. The minimum Gasteiger partial charge on any atom is -0.388 e. The zero-order valence-corrected chi connectivity index (χ0v) is 10.2. The minimum absolute atomic E-state index is 0.372. The molecule has 0 saturated carbocycles. The van der Waals surface area contributed by atoms with Crippen molar-refractivity contribution in [2.75, 3.05) is 0 Å². The fourth-order valence-corrected chi connectivity index (χ4v) is 1.92. The molecule has 0 radical (unpaired) electrons. The summed E-state index contributed by atoms with van der Waals surface area (Å²) in [6.07, 6.45) is 1.78. The number of aromatic nitrogens is 1. The quantitative estimate of drug-likeness (QED) is 0.851. The van der Waals surface area contributed by atoms with Gasteiger partial charge in [0.25, 0.3) is 0 Å². The van der Waals surface area contributed by atoms with Gasteiger partial charge in [-0.05, 0) is 44.0 Å². The largest absolute Gasteiger partial charge is 0.388 e. The average Bonchev–Trinajstić information content (AvgIpc) is 2.26. The number of fused-ring (bicyclic) bond motifs is 1. The van der Waals surface area contributed by atoms with Crippen LogP contribution in [0.2, 0.25) is 0 Å². The molecule has 90 valence electrons. The topological polar surface area (TPSA) is 59.1 Å². The molecule has 1 aromatic carbocycles. The number of rotatable bonds is 3. The number of nitrogens with two attached hydrogens (primary N) is 1. The van der Waals surface area contributed by atoms with Gasteiger partial charge in [-0.25, -0.2) is 0 Å². The van der Waals surface area contributed by atoms with E-state index in [0.717, 1.165) is 16.5 Å². The van der Waals surface area contributed by atoms with E-state index in [1.54, 1.807) is 6.20 Å². The van der Waals surface area contributed by atoms with Crippen LogP contribution in [0.5, 0.6) is 0 Å². The number of hydrogen-bond acceptors (Lipinski definition) is 3. The Morgan fingerprint density at radius 2 is 2.12 bits per heavy atom. The Morgan fingerprint density at radius 3 is 2.82 bits per heavy atom. The van der Waals surface area contributed by atoms with E-state index in [0.29, 0.717) is 6.42 Å². The van der Waals surface area contributed by atoms with Gasteiger partial charge >= 0.3 is 0 Å². The molecule has 0 bridgehead atoms. The van der Waals surface area contributed by atoms with Gasteiger partial charge < -0.3 is 10.8 Å². The third-order valence-corrected chi connectivity index (χ3v) is 2.73. The fraction of sp³-hybridized carbons (Fsp3) is 0.357. The minimum atomic E-state index is -0.528. The second-order valence-electron chi connectivity index (χ2n) is 5.16. The molecule has 3 N–H and O–H groups in total. The zero-order chi connectivity index (χ0) is 12.5. The summed E-state index contributed by atoms with van der Waals surface area (Å²) in [6.45, 7) is 3.83. The van der Waals surface area contributed by atoms with E-state index in [1.165, 1.54) is 0 Å². The van der Waals surface area contributed by atoms with Crippen LogP contribution in [0.1, 0.15) is 31.9 Å². The third-order valence-electron chi connectivity index (χ3n) is 2.73. The predicted molar refractivity (Wildman–Crippen MR) is 69.6 cm³/mol. The van der Waals surface area contributed by atoms with Crippen LogP contribution in [0, 0.1) is 0 Å². The van der Waals surface area contributed by atoms with Gasteiger partial charge in [-0.1, -0.05) is 12.1 Å². The highest BCUT2D eigenvalue weighted by Gasteiger charge is 2.18. The number of hydrogen-bond donors (Lipinski definition) is 2. The van der Waals surface area contributed by atoms with Crippen LogP contribution in [-0.2, 0) is 0 Å². The Kier molecular flexibility index (Phi) is 3.13. The van der Waals surface area contributed by atoms with E-state index in [-0.39, 0.29) is 5.54 Å². The van der Waals surface area contributed by atoms with Gasteiger partial charge in [0.1, 0.15) is 0 Å². The van der Waals surface area contributed by atoms with Crippen LogP contribution < -0.4 is 5.73 Å². The van der Waals surface area contributed by atoms with E-state index in [4.69, 9.17) is 5.73 Å². The number of nitrogens with zero attached hydrogens (tertiary/aromatic N) is 1. The van der Waals surface area contributed by atoms with Gasteiger partial charge in [-0.15, -0.1) is 0 Å². The summed E-state index contributed by atoms with van der Waals surface area (Å²) in [6, 6.07) is 9.69. The number of aliphatic hydroxyl groups is 1. The zero-order valence-electron chi connectivity index (χ0n) is 10.2. The molecule has 0 fully saturated rings. The van der Waals surface area contributed by atoms with Crippen LogP contribution in [0.4, 0.5) is 0 Å². The normalized spacial score (nSPS) is 13.9. The van der Waals surface area contributed by atoms with Gasteiger partial charge in [0, 0.05) is 17.1 Å². The molecule has 0 saturated heterocycles. The van der Waals surface area contributed by atoms with Crippen LogP contribution in [0.3, 0.4) is 0 Å². The second kappa shape index (κ2) is 4.43. The van der Waals surface area contributed by atoms with Crippen molar-refractivity contribution in [3.05, 3.63) is 42.1 Å². The molecule has 3 nitrogen and oxygen atoms in total. The molecule has 2 aromatic rings. The molecule has 0 spiro atoms. The van der Waals surface area contributed by atoms with Crippen molar-refractivity contribution in [3.8, 4) is 0 Å². The van der Waals surface area contributed by atoms with Crippen molar-refractivity contribution < 1.29 is 5.11 Å². The van der Waals surface area contributed by atoms with Crippen molar-refractivity contribution in [3.63, 3.8) is 0 Å². The molecule has 2 rings (SSSR count). The molecule has 0 aliphatic carbocycles. The molecule has 0 aliphatic heterocycles. The van der Waals surface area contributed by atoms with Crippen LogP contribution in [0.15, 0.2) is 36.5 Å². The Bertz CT molecular complexity index is 517. The van der Waals surface area contributed by atoms with Crippen molar-refractivity contribution in [2.45, 2.75) is 31.9 Å². The summed E-state index contributed by atoms with van der Waals surface area (Å²) in [7, 11) is 0. The van der Waals surface area contributed by atoms with E-state index >= 15 is 0 Å². The van der Waals surface area contributed by atoms with Crippen molar-refractivity contribution in [1.29, 1.82) is 0 Å². The highest BCUT2D eigenvalue weighted by molar-refractivity contribution is 5.78. The molecule has 3 heteroatoms. The first-order valence-electron chi connectivity index (χ1n) is 5.77. The van der Waals surface area contributed by atoms with Gasteiger partial charge in [-0.3, -0.25) is 4.98 Å². The van der Waals surface area contributed by atoms with E-state index in [9.17, 15) is 5.11 Å². The van der Waals surface area contributed by atoms with Crippen molar-refractivity contribution >= 4 is 10.9 Å². The highest BCUT2D eigenvalue weighted by atomic mass is 16.3. The molecule has 1 aromatic heterocycles. The van der Waals surface area contributed by atoms with Crippen LogP contribution in [0.25, 0.3) is 10.9 Å². The van der Waals surface area contributed by atoms with Crippen LogP contribution in [-0.4, -0.2) is 15.6 Å². The standard InChI is InChI=1S/C14H18N2O/c1-14(2,15)9-13(17)11-5-6-12-10(8-11)4-3-7-16-12/h3-8,13,17H,9,15H2,1-2H3. The van der Waals surface area contributed by atoms with E-state index in [1.807, 2.05) is 44.2 Å². The molecule has 1 atom stereocenters. The summed E-state index contributed by atoms with van der Waals surface area (Å²) in [5.74, 6) is 0. The average molecular weight is 230 g/mol. The van der Waals surface area contributed by atoms with Crippen molar-refractivity contribution in [1.82, 2.24) is 4.98 Å². The summed E-state index contributed by atoms with van der Waals surface area (Å²) >= 11 is 0. The summed E-state index contributed by atoms with van der Waals surface area (Å²) in [4.78, 5) is 4.25. The molecular weight excluding hydrogens is 212 g/mol. The lowest BCUT2D eigenvalue weighted by molar-refractivity contribution is 0.142. The lowest BCUT2D eigenvalue weighted by atomic mass is 9.93. The smallest absolute Gasteiger partial charge is 0.0807 e. The molecule has 0 aliphatic rings. The Hall–Kier alpha value is -1.45. The number of aliphatic hydroxyl groups excluding tert-OH is 1. The first-order valence-corrected chi connectivity index (χ1v) is 5.77. The fourth-order valence-electron chi connectivity index (χ4n) is 1.92. The number of benzene rings is 1. The maximum Gasteiger partial charge on any atom is 0.0807 e. The maximum absolute atomic E-state index is 10.1. The van der Waals surface area contributed by atoms with Gasteiger partial charge in [0.2, 0.25) is 0 Å². The SMILES string of the molecule is CC(C)(N)CC(O)c1ccc2ncccc2c1. The first-order chi connectivity index (χ1) is 7.96. The maximum atomic E-state index is 10.1. The molecule has 1 heterocycles. The third kappa shape index (κ3) is 3.02. The summed E-state index contributed by atoms with van der Waals surface area (Å²) < 4.78 is 0. The lowest BCUT2D eigenvalue weighted by Gasteiger charge is -2.22. The van der Waals surface area contributed by atoms with E-state index < -0.39 is 6.10 Å². The Morgan fingerprint density at radius 1 is 1.35 bits per heavy atom. The highest BCUT2D eigenvalue weighted by Crippen LogP contribution is 2.24. The molecule has 1 unspecified atom stereocenters. The predicted octanol–water partition coefficient (Wildman–Crippen LogP) is 2.40. The first kappa shape index (κ1) is 12.0. The van der Waals surface area contributed by atoms with Crippen molar-refractivity contribution in [2.24, 2.45) is 5.73 Å². The van der Waals surface area contributed by atoms with Gasteiger partial charge in [0.05, 0.1) is 11.6 Å². The number of pyridine rings is 1. The lowest BCUT2D eigenvalue weighted by Crippen LogP contribution is -2.33. The molecule has 17 heavy (non-hydrogen) atoms. The van der Waals surface area contributed by atoms with Crippen LogP contribution >= 0.6 is 0 Å². The molecule has 0 amide bonds. The van der Waals surface area contributed by atoms with E-state index in [2.05, 4.69) is 4.98 Å². The monoisotopic (exact) mass is 230 g/mol. The molecular formula is C14H18N2O. The summed E-state index contributed by atoms with van der Waals surface area (Å²) in [5.41, 5.74) is 7.38.